The van der Waals surface area contributed by atoms with Gasteiger partial charge in [-0.25, -0.2) is 0 Å². The number of benzene rings is 2. The smallest absolute Gasteiger partial charge is 0.251 e. The summed E-state index contributed by atoms with van der Waals surface area (Å²) in [5.74, 6) is -0.402. The molecule has 284 valence electrons. The van der Waals surface area contributed by atoms with E-state index in [1.165, 1.54) is 6.92 Å². The van der Waals surface area contributed by atoms with Crippen LogP contribution in [0.4, 0.5) is 0 Å². The number of amides is 3. The third-order valence-electron chi connectivity index (χ3n) is 7.46. The van der Waals surface area contributed by atoms with E-state index < -0.39 is 24.1 Å². The van der Waals surface area contributed by atoms with Gasteiger partial charge in [-0.1, -0.05) is 68.8 Å². The zero-order valence-electron chi connectivity index (χ0n) is 30.9. The maximum absolute atomic E-state index is 13.2. The van der Waals surface area contributed by atoms with E-state index in [0.717, 1.165) is 30.5 Å². The van der Waals surface area contributed by atoms with E-state index in [0.29, 0.717) is 48.0 Å². The minimum absolute atomic E-state index is 0.134. The van der Waals surface area contributed by atoms with Gasteiger partial charge >= 0.3 is 0 Å². The van der Waals surface area contributed by atoms with Crippen molar-refractivity contribution in [3.05, 3.63) is 83.2 Å². The highest BCUT2D eigenvalue weighted by molar-refractivity contribution is 6.30. The summed E-state index contributed by atoms with van der Waals surface area (Å²) in [5, 5.41) is 26.2. The van der Waals surface area contributed by atoms with Crippen molar-refractivity contribution in [1.82, 2.24) is 26.6 Å². The monoisotopic (exact) mass is 729 g/mol. The van der Waals surface area contributed by atoms with Gasteiger partial charge in [0.15, 0.2) is 0 Å². The Morgan fingerprint density at radius 2 is 1.51 bits per heavy atom. The van der Waals surface area contributed by atoms with Crippen LogP contribution in [-0.2, 0) is 14.3 Å². The Balaban J connectivity index is 0.00000418. The molecule has 3 amide bonds. The third kappa shape index (κ3) is 18.2. The topological polar surface area (TPSA) is 193 Å². The fourth-order valence-corrected chi connectivity index (χ4v) is 5.01. The summed E-state index contributed by atoms with van der Waals surface area (Å²) in [5.41, 5.74) is 13.5. The van der Waals surface area contributed by atoms with Gasteiger partial charge in [0.1, 0.15) is 11.8 Å². The maximum atomic E-state index is 13.2. The predicted octanol–water partition coefficient (Wildman–Crippen LogP) is 3.59. The van der Waals surface area contributed by atoms with E-state index in [1.54, 1.807) is 12.1 Å². The second-order valence-corrected chi connectivity index (χ2v) is 12.5. The highest BCUT2D eigenvalue weighted by atomic mass is 35.5. The van der Waals surface area contributed by atoms with Gasteiger partial charge in [-0.3, -0.25) is 14.4 Å². The average molecular weight is 730 g/mol. The molecule has 10 N–H and O–H groups in total. The summed E-state index contributed by atoms with van der Waals surface area (Å²) in [6.45, 7) is 15.2. The van der Waals surface area contributed by atoms with Crippen molar-refractivity contribution in [3.8, 4) is 11.1 Å². The van der Waals surface area contributed by atoms with E-state index in [9.17, 15) is 19.5 Å². The van der Waals surface area contributed by atoms with E-state index in [-0.39, 0.29) is 37.5 Å². The Morgan fingerprint density at radius 1 is 0.902 bits per heavy atom. The molecule has 0 aliphatic carbocycles. The number of allylic oxidation sites excluding steroid dienone is 1. The molecule has 0 saturated carbocycles. The Hall–Kier alpha value is -3.94. The fraction of sp³-hybridized carbons (Fsp3) is 0.500. The molecule has 0 fully saturated rings. The lowest BCUT2D eigenvalue weighted by molar-refractivity contribution is -0.125. The van der Waals surface area contributed by atoms with Gasteiger partial charge in [0.2, 0.25) is 11.8 Å². The number of rotatable bonds is 22. The van der Waals surface area contributed by atoms with E-state index >= 15 is 0 Å². The summed E-state index contributed by atoms with van der Waals surface area (Å²) in [7, 11) is 0. The first kappa shape index (κ1) is 45.1. The minimum Gasteiger partial charge on any atom is -0.497 e. The number of nitrogens with one attached hydrogen (secondary N) is 5. The number of hydrogen-bond donors (Lipinski definition) is 8. The molecule has 0 radical (unpaired) electrons. The molecular formula is C38H60ClN7O5. The first-order valence-corrected chi connectivity index (χ1v) is 18.1. The van der Waals surface area contributed by atoms with Crippen molar-refractivity contribution in [2.24, 2.45) is 11.5 Å². The van der Waals surface area contributed by atoms with Crippen LogP contribution in [-0.4, -0.2) is 86.4 Å². The van der Waals surface area contributed by atoms with Crippen LogP contribution in [0, 0.1) is 0 Å². The molecule has 0 aromatic heterocycles. The molecule has 0 bridgehead atoms. The lowest BCUT2D eigenvalue weighted by atomic mass is 10.0. The van der Waals surface area contributed by atoms with Crippen molar-refractivity contribution in [3.63, 3.8) is 0 Å². The quantitative estimate of drug-likeness (QED) is 0.0661. The lowest BCUT2D eigenvalue weighted by Crippen LogP contribution is -2.55. The molecule has 2 rings (SSSR count). The molecule has 0 saturated heterocycles. The second-order valence-electron chi connectivity index (χ2n) is 12.0. The summed E-state index contributed by atoms with van der Waals surface area (Å²) >= 11 is 5.99. The van der Waals surface area contributed by atoms with Crippen LogP contribution < -0.4 is 38.1 Å². The third-order valence-corrected chi connectivity index (χ3v) is 7.71. The molecule has 4 atom stereocenters. The molecule has 0 spiro atoms. The van der Waals surface area contributed by atoms with Crippen LogP contribution in [0.1, 0.15) is 70.7 Å². The number of nitrogens with two attached hydrogens (primary N) is 2. The molecule has 2 aromatic carbocycles. The number of carbonyl (C=O) groups excluding carboxylic acids is 3. The number of ether oxygens (including phenoxy) is 1. The van der Waals surface area contributed by atoms with Crippen LogP contribution >= 0.6 is 11.6 Å². The van der Waals surface area contributed by atoms with Crippen LogP contribution in [0.15, 0.2) is 72.6 Å². The first-order chi connectivity index (χ1) is 24.4. The van der Waals surface area contributed by atoms with Gasteiger partial charge in [0.05, 0.1) is 31.8 Å². The molecule has 0 aliphatic rings. The molecule has 51 heavy (non-hydrogen) atoms. The molecule has 13 heteroatoms. The first-order valence-electron chi connectivity index (χ1n) is 17.7. The standard InChI is InChI=1S/C36H53ClN6O5.C2H7N/c1-6-10-31(23-41-34(45)29-14-12-27(13-15-29)28-16-18-30(37)19-17-28)43-33(26(5)44)36(47)39-21-24(3)42-32(11-8-9-20-38)35(46)40-22-25(4)48-7-2;1-2-3/h10,12-19,24,26,32-33,42-44H,4,6-9,11,20-23,38H2,1-3,5H3,(H,39,47)(H,40,46)(H,41,45);2-3H2,1H3/b31-10+;. The number of unbranched alkanes of at least 4 members (excludes halogenated alkanes) is 1. The highest BCUT2D eigenvalue weighted by Crippen LogP contribution is 2.22. The van der Waals surface area contributed by atoms with Crippen LogP contribution in [0.3, 0.4) is 0 Å². The average Bonchev–Trinajstić information content (AvgIpc) is 3.11. The number of halogens is 1. The zero-order chi connectivity index (χ0) is 38.2. The predicted molar refractivity (Wildman–Crippen MR) is 207 cm³/mol. The molecule has 4 unspecified atom stereocenters. The van der Waals surface area contributed by atoms with Gasteiger partial charge < -0.3 is 47.9 Å². The van der Waals surface area contributed by atoms with Gasteiger partial charge in [-0.15, -0.1) is 0 Å². The fourth-order valence-electron chi connectivity index (χ4n) is 4.88. The number of carbonyl (C=O) groups is 3. The SMILES string of the molecule is C=C(CNC(=O)C(CCCCN)NC(C)CNC(=O)C(N/C(=C/CC)CNC(=O)c1ccc(-c2ccc(Cl)cc2)cc1)C(C)O)OCC.CCN. The molecule has 0 heterocycles. The molecule has 0 aliphatic heterocycles. The summed E-state index contributed by atoms with van der Waals surface area (Å²) in [6, 6.07) is 13.0. The summed E-state index contributed by atoms with van der Waals surface area (Å²) in [4.78, 5) is 39.1. The molecular weight excluding hydrogens is 670 g/mol. The van der Waals surface area contributed by atoms with E-state index in [4.69, 9.17) is 27.8 Å². The van der Waals surface area contributed by atoms with Gasteiger partial charge in [-0.2, -0.15) is 0 Å². The van der Waals surface area contributed by atoms with E-state index in [1.807, 2.05) is 70.2 Å². The van der Waals surface area contributed by atoms with Crippen molar-refractivity contribution < 1.29 is 24.2 Å². The largest absolute Gasteiger partial charge is 0.497 e. The number of hydrogen-bond acceptors (Lipinski definition) is 9. The van der Waals surface area contributed by atoms with Crippen molar-refractivity contribution >= 4 is 29.3 Å². The van der Waals surface area contributed by atoms with Gasteiger partial charge in [0, 0.05) is 28.9 Å². The van der Waals surface area contributed by atoms with Crippen LogP contribution in [0.5, 0.6) is 0 Å². The second kappa shape index (κ2) is 25.9. The van der Waals surface area contributed by atoms with Crippen molar-refractivity contribution in [2.45, 2.75) is 84.5 Å². The van der Waals surface area contributed by atoms with Gasteiger partial charge in [0.25, 0.3) is 5.91 Å². The number of aliphatic hydroxyl groups excluding tert-OH is 1. The van der Waals surface area contributed by atoms with Crippen molar-refractivity contribution in [1.29, 1.82) is 0 Å². The van der Waals surface area contributed by atoms with Crippen LogP contribution in [0.2, 0.25) is 5.02 Å². The summed E-state index contributed by atoms with van der Waals surface area (Å²) < 4.78 is 5.32. The number of aliphatic hydroxyl groups is 1. The molecule has 12 nitrogen and oxygen atoms in total. The summed E-state index contributed by atoms with van der Waals surface area (Å²) in [6.07, 6.45) is 3.60. The maximum Gasteiger partial charge on any atom is 0.251 e. The Labute approximate surface area is 309 Å². The Bertz CT molecular complexity index is 1350. The Kier molecular flexibility index (Phi) is 22.9. The lowest BCUT2D eigenvalue weighted by Gasteiger charge is -2.26. The van der Waals surface area contributed by atoms with E-state index in [2.05, 4.69) is 33.2 Å². The highest BCUT2D eigenvalue weighted by Gasteiger charge is 2.26. The molecule has 2 aromatic rings. The minimum atomic E-state index is -1.03. The zero-order valence-corrected chi connectivity index (χ0v) is 31.7. The van der Waals surface area contributed by atoms with Gasteiger partial charge in [-0.05, 0) is 88.5 Å². The Morgan fingerprint density at radius 3 is 2.06 bits per heavy atom. The normalized spacial score (nSPS) is 13.4. The van der Waals surface area contributed by atoms with Crippen LogP contribution in [0.25, 0.3) is 11.1 Å². The van der Waals surface area contributed by atoms with Crippen molar-refractivity contribution in [2.75, 3.05) is 39.3 Å².